The van der Waals surface area contributed by atoms with Crippen molar-refractivity contribution < 1.29 is 28.6 Å². The average molecular weight is 998 g/mol. The van der Waals surface area contributed by atoms with Crippen LogP contribution in [0, 0.1) is 0 Å². The summed E-state index contributed by atoms with van der Waals surface area (Å²) in [6.45, 7) is 6.58. The number of hydrogen-bond donors (Lipinski definition) is 0. The van der Waals surface area contributed by atoms with Crippen LogP contribution in [0.4, 0.5) is 0 Å². The highest BCUT2D eigenvalue weighted by molar-refractivity contribution is 5.71. The van der Waals surface area contributed by atoms with Crippen LogP contribution in [-0.2, 0) is 28.6 Å². The standard InChI is InChI=1S/C65H120O6/c1-4-7-10-13-16-19-22-25-27-29-30-31-32-33-34-35-37-38-40-43-46-49-52-55-58-64(67)70-61-62(60-69-63(66)57-54-51-48-45-42-24-21-18-15-12-9-6-3)71-65(68)59-56-53-50-47-44-41-39-36-28-26-23-20-17-14-11-8-5-2/h8,11,17,20,26,28,62H,4-7,9-10,12-16,18-19,21-25,27,29-61H2,1-3H3/b11-8-,20-17-,28-26-. The maximum atomic E-state index is 12.9. The summed E-state index contributed by atoms with van der Waals surface area (Å²) in [7, 11) is 0. The van der Waals surface area contributed by atoms with E-state index in [0.717, 1.165) is 83.5 Å². The van der Waals surface area contributed by atoms with E-state index in [-0.39, 0.29) is 31.1 Å². The minimum atomic E-state index is -0.774. The number of carbonyl (C=O) groups excluding carboxylic acids is 3. The van der Waals surface area contributed by atoms with Crippen LogP contribution in [0.2, 0.25) is 0 Å². The fourth-order valence-corrected chi connectivity index (χ4v) is 9.46. The van der Waals surface area contributed by atoms with Crippen LogP contribution in [0.25, 0.3) is 0 Å². The zero-order valence-corrected chi connectivity index (χ0v) is 47.8. The molecule has 0 fully saturated rings. The lowest BCUT2D eigenvalue weighted by Crippen LogP contribution is -2.30. The van der Waals surface area contributed by atoms with E-state index in [1.165, 1.54) is 218 Å². The number of rotatable bonds is 58. The molecule has 1 unspecified atom stereocenters. The Morgan fingerprint density at radius 3 is 0.859 bits per heavy atom. The van der Waals surface area contributed by atoms with E-state index in [1.807, 2.05) is 0 Å². The molecule has 0 aliphatic carbocycles. The van der Waals surface area contributed by atoms with E-state index in [0.29, 0.717) is 19.3 Å². The number of unbranched alkanes of at least 4 members (excludes halogenated alkanes) is 41. The Labute approximate surface area is 442 Å². The van der Waals surface area contributed by atoms with E-state index in [1.54, 1.807) is 0 Å². The van der Waals surface area contributed by atoms with E-state index >= 15 is 0 Å². The quantitative estimate of drug-likeness (QED) is 0.0261. The van der Waals surface area contributed by atoms with Crippen molar-refractivity contribution in [2.45, 2.75) is 348 Å². The molecule has 0 bridgehead atoms. The van der Waals surface area contributed by atoms with E-state index in [4.69, 9.17) is 14.2 Å². The second kappa shape index (κ2) is 60.2. The van der Waals surface area contributed by atoms with Crippen molar-refractivity contribution in [3.8, 4) is 0 Å². The zero-order chi connectivity index (χ0) is 51.4. The molecular weight excluding hydrogens is 877 g/mol. The van der Waals surface area contributed by atoms with Gasteiger partial charge in [-0.15, -0.1) is 0 Å². The maximum Gasteiger partial charge on any atom is 0.306 e. The van der Waals surface area contributed by atoms with Gasteiger partial charge in [-0.05, 0) is 51.4 Å². The summed E-state index contributed by atoms with van der Waals surface area (Å²) in [5.74, 6) is -0.858. The second-order valence-electron chi connectivity index (χ2n) is 21.3. The van der Waals surface area contributed by atoms with E-state index in [2.05, 4.69) is 57.2 Å². The summed E-state index contributed by atoms with van der Waals surface area (Å²) in [5.41, 5.74) is 0. The van der Waals surface area contributed by atoms with Crippen LogP contribution in [0.5, 0.6) is 0 Å². The van der Waals surface area contributed by atoms with Gasteiger partial charge >= 0.3 is 17.9 Å². The van der Waals surface area contributed by atoms with Gasteiger partial charge in [0.2, 0.25) is 0 Å². The third-order valence-corrected chi connectivity index (χ3v) is 14.2. The Balaban J connectivity index is 4.23. The first-order valence-electron chi connectivity index (χ1n) is 31.5. The van der Waals surface area contributed by atoms with Crippen molar-refractivity contribution in [3.63, 3.8) is 0 Å². The Morgan fingerprint density at radius 1 is 0.296 bits per heavy atom. The summed E-state index contributed by atoms with van der Waals surface area (Å²) in [6, 6.07) is 0. The van der Waals surface area contributed by atoms with Crippen LogP contribution in [0.3, 0.4) is 0 Å². The molecule has 0 radical (unpaired) electrons. The molecule has 0 rings (SSSR count). The number of hydrogen-bond acceptors (Lipinski definition) is 6. The molecule has 0 saturated heterocycles. The molecule has 0 aromatic heterocycles. The normalized spacial score (nSPS) is 12.2. The zero-order valence-electron chi connectivity index (χ0n) is 47.8. The Bertz CT molecular complexity index is 1190. The molecule has 0 spiro atoms. The predicted octanol–water partition coefficient (Wildman–Crippen LogP) is 21.2. The summed E-state index contributed by atoms with van der Waals surface area (Å²) in [5, 5.41) is 0. The number of carbonyl (C=O) groups is 3. The first-order valence-corrected chi connectivity index (χ1v) is 31.5. The first-order chi connectivity index (χ1) is 35.0. The Kier molecular flexibility index (Phi) is 58.2. The molecule has 0 aromatic carbocycles. The van der Waals surface area contributed by atoms with Gasteiger partial charge < -0.3 is 14.2 Å². The van der Waals surface area contributed by atoms with Crippen LogP contribution in [0.15, 0.2) is 36.5 Å². The minimum Gasteiger partial charge on any atom is -0.462 e. The van der Waals surface area contributed by atoms with Gasteiger partial charge in [-0.25, -0.2) is 0 Å². The van der Waals surface area contributed by atoms with Crippen molar-refractivity contribution in [1.82, 2.24) is 0 Å². The molecule has 0 N–H and O–H groups in total. The van der Waals surface area contributed by atoms with Crippen LogP contribution in [0.1, 0.15) is 342 Å². The summed E-state index contributed by atoms with van der Waals surface area (Å²) >= 11 is 0. The summed E-state index contributed by atoms with van der Waals surface area (Å²) in [4.78, 5) is 38.2. The second-order valence-corrected chi connectivity index (χ2v) is 21.3. The minimum absolute atomic E-state index is 0.0710. The fraction of sp³-hybridized carbons (Fsp3) is 0.862. The third kappa shape index (κ3) is 58.4. The smallest absolute Gasteiger partial charge is 0.306 e. The molecule has 0 amide bonds. The first kappa shape index (κ1) is 68.6. The van der Waals surface area contributed by atoms with Crippen molar-refractivity contribution in [2.75, 3.05) is 13.2 Å². The van der Waals surface area contributed by atoms with Gasteiger partial charge in [-0.1, -0.05) is 308 Å². The average Bonchev–Trinajstić information content (AvgIpc) is 3.37. The van der Waals surface area contributed by atoms with Gasteiger partial charge in [0, 0.05) is 19.3 Å². The maximum absolute atomic E-state index is 12.9. The number of esters is 3. The molecule has 71 heavy (non-hydrogen) atoms. The lowest BCUT2D eigenvalue weighted by Gasteiger charge is -2.18. The predicted molar refractivity (Wildman–Crippen MR) is 307 cm³/mol. The topological polar surface area (TPSA) is 78.9 Å². The highest BCUT2D eigenvalue weighted by atomic mass is 16.6. The van der Waals surface area contributed by atoms with E-state index in [9.17, 15) is 14.4 Å². The Morgan fingerprint density at radius 2 is 0.549 bits per heavy atom. The molecule has 6 heteroatoms. The number of allylic oxidation sites excluding steroid dienone is 6. The molecule has 1 atom stereocenters. The highest BCUT2D eigenvalue weighted by Crippen LogP contribution is 2.18. The largest absolute Gasteiger partial charge is 0.462 e. The van der Waals surface area contributed by atoms with Crippen LogP contribution >= 0.6 is 0 Å². The highest BCUT2D eigenvalue weighted by Gasteiger charge is 2.19. The van der Waals surface area contributed by atoms with Gasteiger partial charge in [0.15, 0.2) is 6.10 Å². The Hall–Kier alpha value is -2.37. The molecule has 0 saturated carbocycles. The molecular formula is C65H120O6. The molecule has 0 aromatic rings. The molecule has 416 valence electrons. The van der Waals surface area contributed by atoms with E-state index < -0.39 is 6.10 Å². The van der Waals surface area contributed by atoms with Crippen molar-refractivity contribution in [1.29, 1.82) is 0 Å². The van der Waals surface area contributed by atoms with Crippen molar-refractivity contribution >= 4 is 17.9 Å². The molecule has 0 heterocycles. The van der Waals surface area contributed by atoms with Gasteiger partial charge in [0.1, 0.15) is 13.2 Å². The van der Waals surface area contributed by atoms with Gasteiger partial charge in [-0.3, -0.25) is 14.4 Å². The molecule has 6 nitrogen and oxygen atoms in total. The lowest BCUT2D eigenvalue weighted by atomic mass is 10.0. The lowest BCUT2D eigenvalue weighted by molar-refractivity contribution is -0.167. The van der Waals surface area contributed by atoms with Crippen molar-refractivity contribution in [3.05, 3.63) is 36.5 Å². The third-order valence-electron chi connectivity index (χ3n) is 14.2. The van der Waals surface area contributed by atoms with Gasteiger partial charge in [0.25, 0.3) is 0 Å². The SMILES string of the molecule is CC/C=C\C/C=C\C/C=C\CCCCCCCCCC(=O)OC(COC(=O)CCCCCCCCCCCCCC)COC(=O)CCCCCCCCCCCCCCCCCCCCCCCCCC. The molecule has 0 aliphatic heterocycles. The molecule has 0 aliphatic rings. The monoisotopic (exact) mass is 997 g/mol. The number of ether oxygens (including phenoxy) is 3. The fourth-order valence-electron chi connectivity index (χ4n) is 9.46. The van der Waals surface area contributed by atoms with Crippen LogP contribution in [-0.4, -0.2) is 37.2 Å². The van der Waals surface area contributed by atoms with Gasteiger partial charge in [-0.2, -0.15) is 0 Å². The van der Waals surface area contributed by atoms with Crippen molar-refractivity contribution in [2.24, 2.45) is 0 Å². The van der Waals surface area contributed by atoms with Gasteiger partial charge in [0.05, 0.1) is 0 Å². The summed E-state index contributed by atoms with van der Waals surface area (Å²) < 4.78 is 16.9. The van der Waals surface area contributed by atoms with Crippen LogP contribution < -0.4 is 0 Å². The summed E-state index contributed by atoms with van der Waals surface area (Å²) in [6.07, 6.45) is 73.0.